The number of likely N-dealkylation sites (N-methyl/N-ethyl adjacent to an activating group) is 1. The number of aliphatic imine (C=N–C) groups is 2. The van der Waals surface area contributed by atoms with Crippen LogP contribution >= 0.6 is 0 Å². The second-order valence-electron chi connectivity index (χ2n) is 5.25. The normalized spacial score (nSPS) is 27.6. The second-order valence-corrected chi connectivity index (χ2v) is 5.25. The van der Waals surface area contributed by atoms with Crippen LogP contribution in [-0.2, 0) is 4.84 Å². The fraction of sp³-hybridized carbons (Fsp3) is 0.643. The lowest BCUT2D eigenvalue weighted by atomic mass is 9.89. The van der Waals surface area contributed by atoms with Crippen molar-refractivity contribution in [1.82, 2.24) is 4.90 Å². The van der Waals surface area contributed by atoms with Crippen LogP contribution in [0.5, 0.6) is 0 Å². The molecule has 0 atom stereocenters. The number of likely N-dealkylation sites (tertiary alicyclic amines) is 1. The van der Waals surface area contributed by atoms with Crippen LogP contribution in [0.2, 0.25) is 0 Å². The van der Waals surface area contributed by atoms with Crippen molar-refractivity contribution < 1.29 is 4.84 Å². The molecule has 1 aliphatic heterocycles. The van der Waals surface area contributed by atoms with Crippen LogP contribution in [0.4, 0.5) is 0 Å². The number of hydrogen-bond acceptors (Lipinski definition) is 6. The first kappa shape index (κ1) is 14.9. The molecule has 2 N–H and O–H groups in total. The highest BCUT2D eigenvalue weighted by atomic mass is 16.6. The van der Waals surface area contributed by atoms with E-state index in [4.69, 9.17) is 10.6 Å². The van der Waals surface area contributed by atoms with Gasteiger partial charge in [-0.2, -0.15) is 0 Å². The van der Waals surface area contributed by atoms with E-state index in [2.05, 4.69) is 33.8 Å². The predicted molar refractivity (Wildman–Crippen MR) is 82.4 cm³/mol. The van der Waals surface area contributed by atoms with Crippen LogP contribution in [0.15, 0.2) is 26.4 Å². The van der Waals surface area contributed by atoms with Crippen LogP contribution < -0.4 is 5.73 Å². The van der Waals surface area contributed by atoms with Gasteiger partial charge in [0, 0.05) is 30.1 Å². The van der Waals surface area contributed by atoms with Gasteiger partial charge in [-0.3, -0.25) is 14.9 Å². The van der Waals surface area contributed by atoms with Gasteiger partial charge in [0.05, 0.1) is 12.4 Å². The largest absolute Gasteiger partial charge is 0.390 e. The summed E-state index contributed by atoms with van der Waals surface area (Å²) in [6.07, 6.45) is 3.00. The molecule has 2 fully saturated rings. The summed E-state index contributed by atoms with van der Waals surface area (Å²) in [4.78, 5) is 16.2. The first-order valence-corrected chi connectivity index (χ1v) is 6.98. The van der Waals surface area contributed by atoms with Crippen molar-refractivity contribution in [2.24, 2.45) is 20.9 Å². The number of oxime groups is 1. The van der Waals surface area contributed by atoms with Crippen LogP contribution in [0, 0.1) is 0 Å². The molecule has 0 radical (unpaired) electrons. The van der Waals surface area contributed by atoms with Gasteiger partial charge in [-0.05, 0) is 40.0 Å². The van der Waals surface area contributed by atoms with Gasteiger partial charge in [0.2, 0.25) is 0 Å². The van der Waals surface area contributed by atoms with Gasteiger partial charge in [-0.25, -0.2) is 0 Å². The molecule has 110 valence electrons. The van der Waals surface area contributed by atoms with Crippen LogP contribution in [0.1, 0.15) is 26.2 Å². The van der Waals surface area contributed by atoms with Crippen molar-refractivity contribution >= 4 is 18.1 Å². The maximum atomic E-state index is 5.60. The summed E-state index contributed by atoms with van der Waals surface area (Å²) in [7, 11) is 2.07. The molecule has 1 aliphatic carbocycles. The summed E-state index contributed by atoms with van der Waals surface area (Å²) in [5.74, 6) is 0. The van der Waals surface area contributed by atoms with Crippen molar-refractivity contribution in [3.8, 4) is 0 Å². The Balaban J connectivity index is 2.18. The van der Waals surface area contributed by atoms with Gasteiger partial charge in [-0.1, -0.05) is 5.16 Å². The van der Waals surface area contributed by atoms with Crippen molar-refractivity contribution in [1.29, 1.82) is 0 Å². The van der Waals surface area contributed by atoms with Crippen LogP contribution in [0.25, 0.3) is 0 Å². The third-order valence-corrected chi connectivity index (χ3v) is 3.63. The van der Waals surface area contributed by atoms with E-state index in [0.29, 0.717) is 0 Å². The van der Waals surface area contributed by atoms with Crippen LogP contribution in [-0.4, -0.2) is 56.0 Å². The lowest BCUT2D eigenvalue weighted by Crippen LogP contribution is -2.49. The van der Waals surface area contributed by atoms with Gasteiger partial charge >= 0.3 is 0 Å². The maximum Gasteiger partial charge on any atom is 0.152 e. The summed E-state index contributed by atoms with van der Waals surface area (Å²) in [6.45, 7) is 7.66. The number of rotatable bonds is 4. The molecule has 2 rings (SSSR count). The monoisotopic (exact) mass is 277 g/mol. The first-order chi connectivity index (χ1) is 9.65. The lowest BCUT2D eigenvalue weighted by molar-refractivity contribution is -0.0412. The molecule has 20 heavy (non-hydrogen) atoms. The molecular formula is C14H23N5O. The first-order valence-electron chi connectivity index (χ1n) is 6.98. The fourth-order valence-corrected chi connectivity index (χ4v) is 2.54. The topological polar surface area (TPSA) is 75.6 Å². The molecule has 0 spiro atoms. The Kier molecular flexibility index (Phi) is 5.03. The summed E-state index contributed by atoms with van der Waals surface area (Å²) >= 11 is 0. The average Bonchev–Trinajstić information content (AvgIpc) is 2.42. The SMILES string of the molecule is C=N/C(C)=C1C(=N/CN)\CCCC\1=N/OC1CN(C)C1. The molecule has 6 nitrogen and oxygen atoms in total. The van der Waals surface area contributed by atoms with Gasteiger partial charge in [0.25, 0.3) is 0 Å². The summed E-state index contributed by atoms with van der Waals surface area (Å²) in [5.41, 5.74) is 9.23. The predicted octanol–water partition coefficient (Wildman–Crippen LogP) is 1.19. The van der Waals surface area contributed by atoms with Crippen molar-refractivity contribution in [3.05, 3.63) is 11.3 Å². The van der Waals surface area contributed by atoms with Gasteiger partial charge in [-0.15, -0.1) is 0 Å². The van der Waals surface area contributed by atoms with Crippen molar-refractivity contribution in [2.45, 2.75) is 32.3 Å². The highest BCUT2D eigenvalue weighted by molar-refractivity contribution is 6.26. The highest BCUT2D eigenvalue weighted by Crippen LogP contribution is 2.23. The average molecular weight is 277 g/mol. The summed E-state index contributed by atoms with van der Waals surface area (Å²) in [6, 6.07) is 0. The second kappa shape index (κ2) is 6.76. The van der Waals surface area contributed by atoms with E-state index in [1.807, 2.05) is 6.92 Å². The minimum absolute atomic E-state index is 0.197. The molecule has 0 bridgehead atoms. The molecule has 0 amide bonds. The highest BCUT2D eigenvalue weighted by Gasteiger charge is 2.27. The van der Waals surface area contributed by atoms with E-state index in [0.717, 1.165) is 55.0 Å². The standard InChI is InChI=1S/C14H23N5O/c1-10(16-2)14-12(17-9-15)5-4-6-13(14)18-20-11-7-19(3)8-11/h11H,2,4-9,15H2,1,3H3/b14-10+,17-12-,18-13+. The molecule has 0 aromatic heterocycles. The Hall–Kier alpha value is -1.53. The van der Waals surface area contributed by atoms with Gasteiger partial charge in [0.15, 0.2) is 6.10 Å². The molecule has 0 aromatic rings. The molecule has 1 saturated heterocycles. The zero-order valence-electron chi connectivity index (χ0n) is 12.3. The Bertz CT molecular complexity index is 460. The molecular weight excluding hydrogens is 254 g/mol. The molecule has 0 aromatic carbocycles. The Morgan fingerprint density at radius 3 is 2.70 bits per heavy atom. The number of nitrogens with two attached hydrogens (primary N) is 1. The lowest BCUT2D eigenvalue weighted by Gasteiger charge is -2.34. The number of allylic oxidation sites excluding steroid dienone is 2. The Morgan fingerprint density at radius 1 is 1.40 bits per heavy atom. The Morgan fingerprint density at radius 2 is 2.10 bits per heavy atom. The molecule has 2 aliphatic rings. The summed E-state index contributed by atoms with van der Waals surface area (Å²) < 4.78 is 0. The van der Waals surface area contributed by atoms with Gasteiger partial charge in [0.1, 0.15) is 0 Å². The third kappa shape index (κ3) is 3.32. The van der Waals surface area contributed by atoms with E-state index in [-0.39, 0.29) is 12.8 Å². The third-order valence-electron chi connectivity index (χ3n) is 3.63. The van der Waals surface area contributed by atoms with Crippen molar-refractivity contribution in [2.75, 3.05) is 26.8 Å². The van der Waals surface area contributed by atoms with E-state index < -0.39 is 0 Å². The zero-order valence-corrected chi connectivity index (χ0v) is 12.3. The van der Waals surface area contributed by atoms with E-state index in [1.165, 1.54) is 0 Å². The quantitative estimate of drug-likeness (QED) is 0.619. The van der Waals surface area contributed by atoms with Gasteiger partial charge < -0.3 is 10.6 Å². The van der Waals surface area contributed by atoms with Crippen molar-refractivity contribution in [3.63, 3.8) is 0 Å². The molecule has 0 unspecified atom stereocenters. The van der Waals surface area contributed by atoms with Crippen LogP contribution in [0.3, 0.4) is 0 Å². The molecule has 1 saturated carbocycles. The molecule has 6 heteroatoms. The fourth-order valence-electron chi connectivity index (χ4n) is 2.54. The van der Waals surface area contributed by atoms with E-state index >= 15 is 0 Å². The maximum absolute atomic E-state index is 5.60. The number of nitrogens with zero attached hydrogens (tertiary/aromatic N) is 4. The minimum Gasteiger partial charge on any atom is -0.390 e. The Labute approximate surface area is 120 Å². The summed E-state index contributed by atoms with van der Waals surface area (Å²) in [5, 5.41) is 4.35. The minimum atomic E-state index is 0.197. The zero-order chi connectivity index (χ0) is 14.5. The van der Waals surface area contributed by atoms with E-state index in [1.54, 1.807) is 0 Å². The smallest absolute Gasteiger partial charge is 0.152 e. The number of hydrogen-bond donors (Lipinski definition) is 1. The van der Waals surface area contributed by atoms with E-state index in [9.17, 15) is 0 Å². The molecule has 1 heterocycles.